The molecule has 0 saturated carbocycles. The molecule has 2 saturated heterocycles. The summed E-state index contributed by atoms with van der Waals surface area (Å²) < 4.78 is 29.2. The van der Waals surface area contributed by atoms with Crippen LogP contribution in [0.15, 0.2) is 21.5 Å². The van der Waals surface area contributed by atoms with E-state index in [1.165, 1.54) is 23.6 Å². The Morgan fingerprint density at radius 3 is 2.66 bits per heavy atom. The molecule has 0 aliphatic carbocycles. The number of nitrogens with one attached hydrogen (secondary N) is 1. The summed E-state index contributed by atoms with van der Waals surface area (Å²) in [5.41, 5.74) is 1.65. The molecule has 0 aromatic heterocycles. The standard InChI is InChI=1S/C25H37BrN4O4S/c1-3-24(31)30-13-9-19-15-21(26)23(16-22(19)30)35(33,34)29-12-6-8-20(17-29)25(32)27-10-14-28-11-5-4-7-18(28)2/h15-16,18,20H,3-14,17H2,1-2H3,(H,27,32). The molecule has 3 aliphatic rings. The number of likely N-dealkylation sites (tertiary alicyclic amines) is 1. The Labute approximate surface area is 217 Å². The highest BCUT2D eigenvalue weighted by Crippen LogP contribution is 2.37. The molecule has 4 rings (SSSR count). The smallest absolute Gasteiger partial charge is 0.244 e. The van der Waals surface area contributed by atoms with Crippen molar-refractivity contribution in [3.63, 3.8) is 0 Å². The van der Waals surface area contributed by atoms with E-state index < -0.39 is 10.0 Å². The molecule has 0 radical (unpaired) electrons. The van der Waals surface area contributed by atoms with Crippen LogP contribution in [0.5, 0.6) is 0 Å². The summed E-state index contributed by atoms with van der Waals surface area (Å²) in [6.45, 7) is 7.67. The lowest BCUT2D eigenvalue weighted by atomic mass is 9.99. The van der Waals surface area contributed by atoms with Crippen LogP contribution in [-0.2, 0) is 26.0 Å². The van der Waals surface area contributed by atoms with Gasteiger partial charge in [0.2, 0.25) is 21.8 Å². The monoisotopic (exact) mass is 568 g/mol. The lowest BCUT2D eigenvalue weighted by molar-refractivity contribution is -0.126. The average Bonchev–Trinajstić information content (AvgIpc) is 3.26. The first-order valence-electron chi connectivity index (χ1n) is 12.9. The van der Waals surface area contributed by atoms with Crippen LogP contribution < -0.4 is 10.2 Å². The largest absolute Gasteiger partial charge is 0.355 e. The summed E-state index contributed by atoms with van der Waals surface area (Å²) in [4.78, 5) is 29.5. The Hall–Kier alpha value is -1.49. The van der Waals surface area contributed by atoms with Gasteiger partial charge >= 0.3 is 0 Å². The molecule has 1 aromatic carbocycles. The van der Waals surface area contributed by atoms with Crippen LogP contribution in [0.1, 0.15) is 57.9 Å². The molecule has 1 aromatic rings. The number of benzene rings is 1. The van der Waals surface area contributed by atoms with Crippen molar-refractivity contribution < 1.29 is 18.0 Å². The first-order chi connectivity index (χ1) is 16.7. The predicted molar refractivity (Wildman–Crippen MR) is 140 cm³/mol. The summed E-state index contributed by atoms with van der Waals surface area (Å²) in [6, 6.07) is 3.99. The van der Waals surface area contributed by atoms with Gasteiger partial charge in [0.25, 0.3) is 0 Å². The summed E-state index contributed by atoms with van der Waals surface area (Å²) in [5.74, 6) is -0.436. The molecule has 3 aliphatic heterocycles. The van der Waals surface area contributed by atoms with Crippen LogP contribution in [0.3, 0.4) is 0 Å². The Morgan fingerprint density at radius 2 is 1.91 bits per heavy atom. The van der Waals surface area contributed by atoms with E-state index in [9.17, 15) is 18.0 Å². The van der Waals surface area contributed by atoms with Crippen molar-refractivity contribution >= 4 is 43.5 Å². The fourth-order valence-electron chi connectivity index (χ4n) is 5.51. The number of hydrogen-bond donors (Lipinski definition) is 1. The third-order valence-corrected chi connectivity index (χ3v) is 10.5. The van der Waals surface area contributed by atoms with Gasteiger partial charge in [0.05, 0.1) is 10.8 Å². The number of rotatable bonds is 7. The minimum absolute atomic E-state index is 0.0110. The number of sulfonamides is 1. The van der Waals surface area contributed by atoms with Crippen LogP contribution in [0.4, 0.5) is 5.69 Å². The van der Waals surface area contributed by atoms with Gasteiger partial charge in [-0.15, -0.1) is 0 Å². The van der Waals surface area contributed by atoms with Crippen molar-refractivity contribution in [3.8, 4) is 0 Å². The second kappa shape index (κ2) is 11.3. The van der Waals surface area contributed by atoms with E-state index in [0.717, 1.165) is 18.7 Å². The minimum Gasteiger partial charge on any atom is -0.355 e. The van der Waals surface area contributed by atoms with Gasteiger partial charge in [0.15, 0.2) is 0 Å². The molecule has 10 heteroatoms. The molecule has 2 unspecified atom stereocenters. The first kappa shape index (κ1) is 26.6. The zero-order valence-electron chi connectivity index (χ0n) is 20.8. The fourth-order valence-corrected chi connectivity index (χ4v) is 8.10. The van der Waals surface area contributed by atoms with Gasteiger partial charge in [0, 0.05) is 55.3 Å². The van der Waals surface area contributed by atoms with Crippen molar-refractivity contribution in [1.82, 2.24) is 14.5 Å². The van der Waals surface area contributed by atoms with Gasteiger partial charge in [-0.3, -0.25) is 14.5 Å². The number of nitrogens with zero attached hydrogens (tertiary/aromatic N) is 3. The van der Waals surface area contributed by atoms with E-state index in [1.807, 2.05) is 13.0 Å². The molecular formula is C25H37BrN4O4S. The van der Waals surface area contributed by atoms with Crippen molar-refractivity contribution in [2.75, 3.05) is 44.2 Å². The molecule has 3 heterocycles. The van der Waals surface area contributed by atoms with E-state index >= 15 is 0 Å². The molecule has 1 N–H and O–H groups in total. The van der Waals surface area contributed by atoms with E-state index in [1.54, 1.807) is 11.0 Å². The molecule has 0 spiro atoms. The van der Waals surface area contributed by atoms with E-state index in [-0.39, 0.29) is 29.2 Å². The van der Waals surface area contributed by atoms with Gasteiger partial charge in [-0.2, -0.15) is 4.31 Å². The van der Waals surface area contributed by atoms with Gasteiger partial charge in [-0.25, -0.2) is 8.42 Å². The van der Waals surface area contributed by atoms with Crippen LogP contribution in [0.2, 0.25) is 0 Å². The highest BCUT2D eigenvalue weighted by Gasteiger charge is 2.36. The van der Waals surface area contributed by atoms with Crippen LogP contribution in [-0.4, -0.2) is 74.7 Å². The third kappa shape index (κ3) is 5.76. The van der Waals surface area contributed by atoms with E-state index in [2.05, 4.69) is 33.1 Å². The summed E-state index contributed by atoms with van der Waals surface area (Å²) >= 11 is 3.45. The minimum atomic E-state index is -3.82. The van der Waals surface area contributed by atoms with Crippen molar-refractivity contribution in [2.24, 2.45) is 5.92 Å². The van der Waals surface area contributed by atoms with Crippen LogP contribution >= 0.6 is 15.9 Å². The summed E-state index contributed by atoms with van der Waals surface area (Å²) in [5, 5.41) is 3.05. The number of amides is 2. The maximum atomic E-state index is 13.6. The first-order valence-corrected chi connectivity index (χ1v) is 15.1. The van der Waals surface area contributed by atoms with Gasteiger partial charge < -0.3 is 10.2 Å². The second-order valence-electron chi connectivity index (χ2n) is 9.93. The number of hydrogen-bond acceptors (Lipinski definition) is 5. The second-order valence-corrected chi connectivity index (χ2v) is 12.7. The van der Waals surface area contributed by atoms with Crippen molar-refractivity contribution in [3.05, 3.63) is 22.2 Å². The van der Waals surface area contributed by atoms with Crippen LogP contribution in [0.25, 0.3) is 0 Å². The Balaban J connectivity index is 1.42. The summed E-state index contributed by atoms with van der Waals surface area (Å²) in [7, 11) is -3.82. The van der Waals surface area contributed by atoms with E-state index in [4.69, 9.17) is 0 Å². The quantitative estimate of drug-likeness (QED) is 0.545. The number of fused-ring (bicyclic) bond motifs is 1. The van der Waals surface area contributed by atoms with Crippen molar-refractivity contribution in [1.29, 1.82) is 0 Å². The SMILES string of the molecule is CCC(=O)N1CCc2cc(Br)c(S(=O)(=O)N3CCCC(C(=O)NCCN4CCCCC4C)C3)cc21. The summed E-state index contributed by atoms with van der Waals surface area (Å²) in [6.07, 6.45) is 6.08. The van der Waals surface area contributed by atoms with Gasteiger partial charge in [0.1, 0.15) is 0 Å². The predicted octanol–water partition coefficient (Wildman–Crippen LogP) is 3.14. The zero-order valence-corrected chi connectivity index (χ0v) is 23.2. The van der Waals surface area contributed by atoms with Gasteiger partial charge in [-0.05, 0) is 79.2 Å². The topological polar surface area (TPSA) is 90.0 Å². The zero-order chi connectivity index (χ0) is 25.2. The lowest BCUT2D eigenvalue weighted by Gasteiger charge is -2.34. The lowest BCUT2D eigenvalue weighted by Crippen LogP contribution is -2.47. The number of carbonyl (C=O) groups is 2. The molecule has 2 amide bonds. The number of piperidine rings is 2. The molecule has 2 fully saturated rings. The van der Waals surface area contributed by atoms with Crippen LogP contribution in [0, 0.1) is 5.92 Å². The average molecular weight is 570 g/mol. The highest BCUT2D eigenvalue weighted by atomic mass is 79.9. The molecule has 194 valence electrons. The molecule has 8 nitrogen and oxygen atoms in total. The number of carbonyl (C=O) groups excluding carboxylic acids is 2. The maximum Gasteiger partial charge on any atom is 0.244 e. The Kier molecular flexibility index (Phi) is 8.56. The number of halogens is 1. The molecular weight excluding hydrogens is 532 g/mol. The normalized spacial score (nSPS) is 23.8. The fraction of sp³-hybridized carbons (Fsp3) is 0.680. The van der Waals surface area contributed by atoms with Crippen molar-refractivity contribution in [2.45, 2.75) is 69.7 Å². The Morgan fingerprint density at radius 1 is 1.11 bits per heavy atom. The molecule has 0 bridgehead atoms. The van der Waals surface area contributed by atoms with E-state index in [0.29, 0.717) is 61.5 Å². The highest BCUT2D eigenvalue weighted by molar-refractivity contribution is 9.10. The number of anilines is 1. The molecule has 35 heavy (non-hydrogen) atoms. The molecule has 2 atom stereocenters. The Bertz CT molecular complexity index is 1060. The third-order valence-electron chi connectivity index (χ3n) is 7.64. The maximum absolute atomic E-state index is 13.6. The van der Waals surface area contributed by atoms with Gasteiger partial charge in [-0.1, -0.05) is 13.3 Å².